The topological polar surface area (TPSA) is 48.1 Å². The largest absolute Gasteiger partial charge is 0.381 e. The predicted molar refractivity (Wildman–Crippen MR) is 62.4 cm³/mol. The lowest BCUT2D eigenvalue weighted by Crippen LogP contribution is -2.16. The summed E-state index contributed by atoms with van der Waals surface area (Å²) in [5, 5.41) is 1.18. The van der Waals surface area contributed by atoms with Gasteiger partial charge < -0.3 is 10.5 Å². The van der Waals surface area contributed by atoms with Crippen LogP contribution in [0.4, 0.5) is 0 Å². The maximum absolute atomic E-state index is 5.54. The van der Waals surface area contributed by atoms with Gasteiger partial charge >= 0.3 is 0 Å². The molecule has 0 aromatic carbocycles. The number of hydrogen-bond donors (Lipinski definition) is 1. The third kappa shape index (κ3) is 2.56. The van der Waals surface area contributed by atoms with E-state index in [1.807, 2.05) is 0 Å². The molecule has 3 nitrogen and oxygen atoms in total. The summed E-state index contributed by atoms with van der Waals surface area (Å²) in [5.74, 6) is 0.515. The summed E-state index contributed by atoms with van der Waals surface area (Å²) < 4.78 is 5.50. The van der Waals surface area contributed by atoms with Crippen LogP contribution in [-0.4, -0.2) is 24.7 Å². The van der Waals surface area contributed by atoms with Crippen molar-refractivity contribution in [3.63, 3.8) is 0 Å². The van der Waals surface area contributed by atoms with Crippen LogP contribution in [0.15, 0.2) is 0 Å². The predicted octanol–water partition coefficient (Wildman–Crippen LogP) is 1.85. The Morgan fingerprint density at radius 3 is 3.13 bits per heavy atom. The van der Waals surface area contributed by atoms with Gasteiger partial charge in [0.15, 0.2) is 0 Å². The van der Waals surface area contributed by atoms with Crippen LogP contribution >= 0.6 is 11.3 Å². The molecule has 2 N–H and O–H groups in total. The summed E-state index contributed by atoms with van der Waals surface area (Å²) in [6, 6.07) is 0. The summed E-state index contributed by atoms with van der Waals surface area (Å²) >= 11 is 1.79. The number of hydrogen-bond acceptors (Lipinski definition) is 4. The first-order valence-electron chi connectivity index (χ1n) is 5.55. The number of aromatic nitrogens is 1. The Bertz CT molecular complexity index is 318. The van der Waals surface area contributed by atoms with Gasteiger partial charge in [-0.15, -0.1) is 11.3 Å². The highest BCUT2D eigenvalue weighted by atomic mass is 32.1. The zero-order valence-corrected chi connectivity index (χ0v) is 9.98. The van der Waals surface area contributed by atoms with Crippen LogP contribution in [0, 0.1) is 6.92 Å². The number of nitrogens with zero attached hydrogens (tertiary/aromatic N) is 1. The quantitative estimate of drug-likeness (QED) is 0.855. The minimum atomic E-state index is 0.515. The number of ether oxygens (including phenoxy) is 1. The van der Waals surface area contributed by atoms with E-state index in [1.54, 1.807) is 11.3 Å². The van der Waals surface area contributed by atoms with Crippen molar-refractivity contribution >= 4 is 11.3 Å². The van der Waals surface area contributed by atoms with Crippen LogP contribution in [0.25, 0.3) is 0 Å². The molecule has 1 saturated heterocycles. The molecule has 1 atom stereocenters. The molecule has 0 amide bonds. The molecule has 2 rings (SSSR count). The van der Waals surface area contributed by atoms with Crippen LogP contribution in [0.2, 0.25) is 0 Å². The molecular weight excluding hydrogens is 208 g/mol. The van der Waals surface area contributed by atoms with Crippen LogP contribution in [0.5, 0.6) is 0 Å². The molecule has 0 radical (unpaired) electrons. The van der Waals surface area contributed by atoms with Gasteiger partial charge in [0.1, 0.15) is 0 Å². The highest BCUT2D eigenvalue weighted by Gasteiger charge is 2.21. The summed E-state index contributed by atoms with van der Waals surface area (Å²) in [5.41, 5.74) is 6.79. The molecule has 1 fully saturated rings. The number of thiazole rings is 1. The molecule has 1 unspecified atom stereocenters. The van der Waals surface area contributed by atoms with Gasteiger partial charge in [-0.25, -0.2) is 4.98 Å². The summed E-state index contributed by atoms with van der Waals surface area (Å²) in [7, 11) is 0. The van der Waals surface area contributed by atoms with Crippen molar-refractivity contribution in [2.45, 2.75) is 32.1 Å². The molecule has 4 heteroatoms. The van der Waals surface area contributed by atoms with E-state index in [9.17, 15) is 0 Å². The first kappa shape index (κ1) is 11.0. The molecule has 1 aromatic rings. The van der Waals surface area contributed by atoms with E-state index in [1.165, 1.54) is 22.0 Å². The second-order valence-electron chi connectivity index (χ2n) is 4.00. The second kappa shape index (κ2) is 5.05. The van der Waals surface area contributed by atoms with E-state index in [0.29, 0.717) is 12.5 Å². The van der Waals surface area contributed by atoms with Crippen LogP contribution in [0.1, 0.15) is 34.3 Å². The van der Waals surface area contributed by atoms with E-state index in [2.05, 4.69) is 11.9 Å². The Morgan fingerprint density at radius 1 is 1.60 bits per heavy atom. The summed E-state index contributed by atoms with van der Waals surface area (Å²) in [4.78, 5) is 6.02. The van der Waals surface area contributed by atoms with E-state index >= 15 is 0 Å². The smallest absolute Gasteiger partial charge is 0.0943 e. The van der Waals surface area contributed by atoms with Gasteiger partial charge in [0.2, 0.25) is 0 Å². The molecule has 1 aliphatic heterocycles. The van der Waals surface area contributed by atoms with Crippen molar-refractivity contribution in [2.24, 2.45) is 5.73 Å². The second-order valence-corrected chi connectivity index (χ2v) is 5.29. The molecule has 0 spiro atoms. The van der Waals surface area contributed by atoms with Crippen LogP contribution < -0.4 is 5.73 Å². The Balaban J connectivity index is 2.11. The zero-order chi connectivity index (χ0) is 10.7. The minimum Gasteiger partial charge on any atom is -0.381 e. The summed E-state index contributed by atoms with van der Waals surface area (Å²) in [6.07, 6.45) is 3.28. The van der Waals surface area contributed by atoms with Crippen molar-refractivity contribution < 1.29 is 4.74 Å². The minimum absolute atomic E-state index is 0.515. The van der Waals surface area contributed by atoms with E-state index in [-0.39, 0.29) is 0 Å². The van der Waals surface area contributed by atoms with E-state index < -0.39 is 0 Å². The van der Waals surface area contributed by atoms with Gasteiger partial charge in [-0.2, -0.15) is 0 Å². The number of rotatable bonds is 3. The third-order valence-electron chi connectivity index (χ3n) is 2.78. The lowest BCUT2D eigenvalue weighted by Gasteiger charge is -2.20. The molecule has 0 bridgehead atoms. The highest BCUT2D eigenvalue weighted by Crippen LogP contribution is 2.30. The fraction of sp³-hybridized carbons (Fsp3) is 0.727. The average Bonchev–Trinajstić information content (AvgIpc) is 2.61. The molecule has 15 heavy (non-hydrogen) atoms. The Hall–Kier alpha value is -0.450. The summed E-state index contributed by atoms with van der Waals surface area (Å²) in [6.45, 7) is 4.59. The van der Waals surface area contributed by atoms with Gasteiger partial charge in [-0.3, -0.25) is 0 Å². The van der Waals surface area contributed by atoms with Gasteiger partial charge in [-0.1, -0.05) is 0 Å². The van der Waals surface area contributed by atoms with Crippen molar-refractivity contribution in [2.75, 3.05) is 19.8 Å². The fourth-order valence-corrected chi connectivity index (χ4v) is 3.06. The Labute approximate surface area is 94.7 Å². The first-order chi connectivity index (χ1) is 7.31. The lowest BCUT2D eigenvalue weighted by atomic mass is 9.98. The molecule has 1 aromatic heterocycles. The monoisotopic (exact) mass is 226 g/mol. The van der Waals surface area contributed by atoms with Gasteiger partial charge in [-0.05, 0) is 26.3 Å². The van der Waals surface area contributed by atoms with Crippen LogP contribution in [-0.2, 0) is 11.2 Å². The van der Waals surface area contributed by atoms with Gasteiger partial charge in [0, 0.05) is 23.8 Å². The van der Waals surface area contributed by atoms with Gasteiger partial charge in [0.05, 0.1) is 17.3 Å². The van der Waals surface area contributed by atoms with Crippen molar-refractivity contribution in [3.05, 3.63) is 15.6 Å². The molecular formula is C11H18N2OS. The van der Waals surface area contributed by atoms with Gasteiger partial charge in [0.25, 0.3) is 0 Å². The standard InChI is InChI=1S/C11H18N2OS/c1-8-11(9-3-2-6-14-7-9)13-10(15-8)4-5-12/h9H,2-7,12H2,1H3. The Morgan fingerprint density at radius 2 is 2.47 bits per heavy atom. The average molecular weight is 226 g/mol. The maximum Gasteiger partial charge on any atom is 0.0943 e. The lowest BCUT2D eigenvalue weighted by molar-refractivity contribution is 0.0793. The SMILES string of the molecule is Cc1sc(CCN)nc1C1CCCOC1. The first-order valence-corrected chi connectivity index (χ1v) is 6.37. The van der Waals surface area contributed by atoms with Crippen LogP contribution in [0.3, 0.4) is 0 Å². The molecule has 84 valence electrons. The third-order valence-corrected chi connectivity index (χ3v) is 3.83. The van der Waals surface area contributed by atoms with Crippen molar-refractivity contribution in [1.82, 2.24) is 4.98 Å². The molecule has 0 aliphatic carbocycles. The van der Waals surface area contributed by atoms with Crippen molar-refractivity contribution in [3.8, 4) is 0 Å². The van der Waals surface area contributed by atoms with E-state index in [0.717, 1.165) is 26.1 Å². The number of nitrogens with two attached hydrogens (primary N) is 1. The van der Waals surface area contributed by atoms with E-state index in [4.69, 9.17) is 10.5 Å². The normalized spacial score (nSPS) is 21.9. The molecule has 1 aliphatic rings. The molecule has 2 heterocycles. The molecule has 0 saturated carbocycles. The fourth-order valence-electron chi connectivity index (χ4n) is 2.03. The Kier molecular flexibility index (Phi) is 3.72. The maximum atomic E-state index is 5.54. The highest BCUT2D eigenvalue weighted by molar-refractivity contribution is 7.11. The number of aryl methyl sites for hydroxylation is 1. The zero-order valence-electron chi connectivity index (χ0n) is 9.16. The van der Waals surface area contributed by atoms with Crippen molar-refractivity contribution in [1.29, 1.82) is 0 Å².